The number of hydrogen-bond acceptors (Lipinski definition) is 4. The molecule has 2 aromatic heterocycles. The summed E-state index contributed by atoms with van der Waals surface area (Å²) < 4.78 is 1.48. The number of benzene rings is 1. The van der Waals surface area contributed by atoms with Gasteiger partial charge in [-0.1, -0.05) is 6.07 Å². The van der Waals surface area contributed by atoms with Gasteiger partial charge in [-0.05, 0) is 24.3 Å². The number of aromatic nitrogens is 3. The molecule has 0 bridgehead atoms. The lowest BCUT2D eigenvalue weighted by Gasteiger charge is -2.02. The molecule has 5 heteroatoms. The molecule has 3 aromatic rings. The van der Waals surface area contributed by atoms with Crippen molar-refractivity contribution in [2.75, 3.05) is 5.73 Å². The molecule has 19 heavy (non-hydrogen) atoms. The SMILES string of the molecule is Cn1ncc(C(=O)c2ccc3ncccc3c2)c1N. The number of rotatable bonds is 2. The highest BCUT2D eigenvalue weighted by molar-refractivity contribution is 6.12. The zero-order valence-electron chi connectivity index (χ0n) is 10.4. The molecule has 2 heterocycles. The topological polar surface area (TPSA) is 73.8 Å². The Balaban J connectivity index is 2.09. The Labute approximate surface area is 109 Å². The van der Waals surface area contributed by atoms with Crippen molar-refractivity contribution in [2.24, 2.45) is 7.05 Å². The highest BCUT2D eigenvalue weighted by Crippen LogP contribution is 2.19. The third-order valence-corrected chi connectivity index (χ3v) is 3.09. The van der Waals surface area contributed by atoms with Crippen molar-refractivity contribution < 1.29 is 4.79 Å². The summed E-state index contributed by atoms with van der Waals surface area (Å²) in [5.41, 5.74) is 7.69. The van der Waals surface area contributed by atoms with Crippen LogP contribution < -0.4 is 5.73 Å². The van der Waals surface area contributed by atoms with E-state index in [4.69, 9.17) is 5.73 Å². The monoisotopic (exact) mass is 252 g/mol. The van der Waals surface area contributed by atoms with Gasteiger partial charge in [-0.15, -0.1) is 0 Å². The lowest BCUT2D eigenvalue weighted by atomic mass is 10.0. The Kier molecular flexibility index (Phi) is 2.52. The molecule has 0 aliphatic heterocycles. The lowest BCUT2D eigenvalue weighted by Crippen LogP contribution is -2.06. The summed E-state index contributed by atoms with van der Waals surface area (Å²) in [4.78, 5) is 16.6. The van der Waals surface area contributed by atoms with E-state index in [1.165, 1.54) is 10.9 Å². The molecule has 0 unspecified atom stereocenters. The third-order valence-electron chi connectivity index (χ3n) is 3.09. The van der Waals surface area contributed by atoms with Gasteiger partial charge in [0.2, 0.25) is 0 Å². The van der Waals surface area contributed by atoms with Gasteiger partial charge in [0.05, 0.1) is 17.3 Å². The summed E-state index contributed by atoms with van der Waals surface area (Å²) in [7, 11) is 1.70. The minimum absolute atomic E-state index is 0.128. The molecule has 1 aromatic carbocycles. The fourth-order valence-electron chi connectivity index (χ4n) is 1.99. The molecule has 0 amide bonds. The molecule has 0 atom stereocenters. The first-order valence-corrected chi connectivity index (χ1v) is 5.84. The van der Waals surface area contributed by atoms with Gasteiger partial charge in [0.25, 0.3) is 0 Å². The summed E-state index contributed by atoms with van der Waals surface area (Å²) in [6, 6.07) is 9.16. The van der Waals surface area contributed by atoms with Crippen molar-refractivity contribution in [3.8, 4) is 0 Å². The fraction of sp³-hybridized carbons (Fsp3) is 0.0714. The first-order chi connectivity index (χ1) is 9.16. The fourth-order valence-corrected chi connectivity index (χ4v) is 1.99. The van der Waals surface area contributed by atoms with E-state index in [9.17, 15) is 4.79 Å². The van der Waals surface area contributed by atoms with Crippen molar-refractivity contribution in [3.05, 3.63) is 53.9 Å². The van der Waals surface area contributed by atoms with Crippen LogP contribution in [0, 0.1) is 0 Å². The molecule has 0 aliphatic carbocycles. The number of aryl methyl sites for hydroxylation is 1. The maximum Gasteiger partial charge on any atom is 0.198 e. The van der Waals surface area contributed by atoms with Crippen molar-refractivity contribution in [1.29, 1.82) is 0 Å². The number of nitrogen functional groups attached to an aromatic ring is 1. The van der Waals surface area contributed by atoms with E-state index in [1.807, 2.05) is 24.3 Å². The van der Waals surface area contributed by atoms with Crippen LogP contribution in [-0.2, 0) is 7.05 Å². The van der Waals surface area contributed by atoms with E-state index in [0.29, 0.717) is 16.9 Å². The van der Waals surface area contributed by atoms with Crippen molar-refractivity contribution in [2.45, 2.75) is 0 Å². The van der Waals surface area contributed by atoms with Crippen LogP contribution in [0.15, 0.2) is 42.7 Å². The van der Waals surface area contributed by atoms with Gasteiger partial charge in [0, 0.05) is 24.2 Å². The highest BCUT2D eigenvalue weighted by Gasteiger charge is 2.16. The number of carbonyl (C=O) groups excluding carboxylic acids is 1. The molecule has 0 saturated carbocycles. The Bertz CT molecular complexity index is 776. The first-order valence-electron chi connectivity index (χ1n) is 5.84. The van der Waals surface area contributed by atoms with Crippen LogP contribution in [0.4, 0.5) is 5.82 Å². The first kappa shape index (κ1) is 11.4. The standard InChI is InChI=1S/C14H12N4O/c1-18-14(15)11(8-17-18)13(19)10-4-5-12-9(7-10)3-2-6-16-12/h2-8H,15H2,1H3. The lowest BCUT2D eigenvalue weighted by molar-refractivity contribution is 0.103. The summed E-state index contributed by atoms with van der Waals surface area (Å²) >= 11 is 0. The van der Waals surface area contributed by atoms with Crippen LogP contribution in [0.1, 0.15) is 15.9 Å². The molecular weight excluding hydrogens is 240 g/mol. The van der Waals surface area contributed by atoms with E-state index >= 15 is 0 Å². The minimum atomic E-state index is -0.128. The van der Waals surface area contributed by atoms with E-state index in [1.54, 1.807) is 19.3 Å². The van der Waals surface area contributed by atoms with Crippen LogP contribution in [0.25, 0.3) is 10.9 Å². The predicted molar refractivity (Wildman–Crippen MR) is 72.8 cm³/mol. The number of carbonyl (C=O) groups is 1. The number of ketones is 1. The molecule has 2 N–H and O–H groups in total. The van der Waals surface area contributed by atoms with Gasteiger partial charge < -0.3 is 5.73 Å². The Morgan fingerprint density at radius 2 is 2.16 bits per heavy atom. The number of nitrogens with zero attached hydrogens (tertiary/aromatic N) is 3. The quantitative estimate of drug-likeness (QED) is 0.705. The maximum absolute atomic E-state index is 12.4. The van der Waals surface area contributed by atoms with E-state index in [-0.39, 0.29) is 5.78 Å². The Morgan fingerprint density at radius 1 is 1.32 bits per heavy atom. The Hall–Kier alpha value is -2.69. The number of nitrogens with two attached hydrogens (primary N) is 1. The minimum Gasteiger partial charge on any atom is -0.383 e. The highest BCUT2D eigenvalue weighted by atomic mass is 16.1. The molecule has 0 radical (unpaired) electrons. The van der Waals surface area contributed by atoms with Crippen LogP contribution in [0.5, 0.6) is 0 Å². The molecule has 0 saturated heterocycles. The molecule has 94 valence electrons. The van der Waals surface area contributed by atoms with Gasteiger partial charge in [-0.3, -0.25) is 14.5 Å². The number of pyridine rings is 1. The van der Waals surface area contributed by atoms with Crippen LogP contribution in [0.2, 0.25) is 0 Å². The van der Waals surface area contributed by atoms with Crippen molar-refractivity contribution in [1.82, 2.24) is 14.8 Å². The van der Waals surface area contributed by atoms with Gasteiger partial charge in [0.15, 0.2) is 5.78 Å². The number of fused-ring (bicyclic) bond motifs is 1. The van der Waals surface area contributed by atoms with Gasteiger partial charge >= 0.3 is 0 Å². The summed E-state index contributed by atoms with van der Waals surface area (Å²) in [6.07, 6.45) is 3.22. The normalized spacial score (nSPS) is 10.8. The van der Waals surface area contributed by atoms with Crippen molar-refractivity contribution >= 4 is 22.5 Å². The predicted octanol–water partition coefficient (Wildman–Crippen LogP) is 1.78. The van der Waals surface area contributed by atoms with E-state index in [2.05, 4.69) is 10.1 Å². The maximum atomic E-state index is 12.4. The van der Waals surface area contributed by atoms with E-state index < -0.39 is 0 Å². The van der Waals surface area contributed by atoms with Crippen LogP contribution in [0.3, 0.4) is 0 Å². The molecule has 0 spiro atoms. The number of hydrogen-bond donors (Lipinski definition) is 1. The molecule has 0 fully saturated rings. The van der Waals surface area contributed by atoms with Gasteiger partial charge in [-0.2, -0.15) is 5.10 Å². The average Bonchev–Trinajstić information content (AvgIpc) is 2.78. The zero-order valence-corrected chi connectivity index (χ0v) is 10.4. The van der Waals surface area contributed by atoms with Crippen molar-refractivity contribution in [3.63, 3.8) is 0 Å². The second-order valence-electron chi connectivity index (χ2n) is 4.31. The van der Waals surface area contributed by atoms with Gasteiger partial charge in [0.1, 0.15) is 5.82 Å². The van der Waals surface area contributed by atoms with E-state index in [0.717, 1.165) is 10.9 Å². The average molecular weight is 252 g/mol. The third kappa shape index (κ3) is 1.85. The summed E-state index contributed by atoms with van der Waals surface area (Å²) in [5.74, 6) is 0.243. The zero-order chi connectivity index (χ0) is 13.4. The Morgan fingerprint density at radius 3 is 2.89 bits per heavy atom. The van der Waals surface area contributed by atoms with Gasteiger partial charge in [-0.25, -0.2) is 0 Å². The number of anilines is 1. The summed E-state index contributed by atoms with van der Waals surface area (Å²) in [6.45, 7) is 0. The second-order valence-corrected chi connectivity index (χ2v) is 4.31. The summed E-state index contributed by atoms with van der Waals surface area (Å²) in [5, 5.41) is 4.91. The second kappa shape index (κ2) is 4.20. The molecular formula is C14H12N4O. The largest absolute Gasteiger partial charge is 0.383 e. The molecule has 5 nitrogen and oxygen atoms in total. The molecule has 0 aliphatic rings. The smallest absolute Gasteiger partial charge is 0.198 e. The molecule has 3 rings (SSSR count). The van der Waals surface area contributed by atoms with Crippen LogP contribution in [-0.4, -0.2) is 20.5 Å². The van der Waals surface area contributed by atoms with Crippen LogP contribution >= 0.6 is 0 Å².